The number of methoxy groups -OCH3 is 1. The second kappa shape index (κ2) is 6.46. The Kier molecular flexibility index (Phi) is 4.56. The molecule has 0 spiro atoms. The van der Waals surface area contributed by atoms with E-state index in [0.29, 0.717) is 19.6 Å². The summed E-state index contributed by atoms with van der Waals surface area (Å²) in [5, 5.41) is 0. The van der Waals surface area contributed by atoms with E-state index in [1.807, 2.05) is 18.2 Å². The summed E-state index contributed by atoms with van der Waals surface area (Å²) in [5.74, 6) is 1.85. The number of benzene rings is 1. The van der Waals surface area contributed by atoms with Crippen LogP contribution in [-0.4, -0.2) is 66.6 Å². The number of hydrogen-bond acceptors (Lipinski definition) is 5. The van der Waals surface area contributed by atoms with E-state index in [9.17, 15) is 8.42 Å². The molecule has 1 aliphatic rings. The zero-order chi connectivity index (χ0) is 16.4. The second-order valence-electron chi connectivity index (χ2n) is 5.64. The average Bonchev–Trinajstić information content (AvgIpc) is 2.96. The van der Waals surface area contributed by atoms with Gasteiger partial charge in [-0.25, -0.2) is 13.4 Å². The maximum atomic E-state index is 11.9. The molecular formula is C15H22N4O3S. The summed E-state index contributed by atoms with van der Waals surface area (Å²) in [7, 11) is -1.44. The van der Waals surface area contributed by atoms with Crippen molar-refractivity contribution >= 4 is 21.1 Å². The molecule has 0 unspecified atom stereocenters. The number of aromatic amines is 1. The number of hydrogen-bond donors (Lipinski definition) is 1. The summed E-state index contributed by atoms with van der Waals surface area (Å²) >= 11 is 0. The normalized spacial score (nSPS) is 17.7. The van der Waals surface area contributed by atoms with E-state index < -0.39 is 10.0 Å². The molecule has 3 rings (SSSR count). The van der Waals surface area contributed by atoms with Crippen LogP contribution >= 0.6 is 0 Å². The Morgan fingerprint density at radius 3 is 2.65 bits per heavy atom. The lowest BCUT2D eigenvalue weighted by molar-refractivity contribution is 0.178. The van der Waals surface area contributed by atoms with Crippen molar-refractivity contribution in [1.29, 1.82) is 0 Å². The molecule has 126 valence electrons. The Labute approximate surface area is 136 Å². The van der Waals surface area contributed by atoms with Gasteiger partial charge in [0.15, 0.2) is 0 Å². The first-order valence-corrected chi connectivity index (χ1v) is 9.35. The van der Waals surface area contributed by atoms with Gasteiger partial charge in [0.1, 0.15) is 11.6 Å². The summed E-state index contributed by atoms with van der Waals surface area (Å²) in [6, 6.07) is 5.75. The summed E-state index contributed by atoms with van der Waals surface area (Å²) < 4.78 is 30.5. The van der Waals surface area contributed by atoms with Crippen molar-refractivity contribution in [2.24, 2.45) is 0 Å². The maximum absolute atomic E-state index is 11.9. The van der Waals surface area contributed by atoms with Crippen LogP contribution in [0.1, 0.15) is 12.7 Å². The number of aromatic nitrogens is 2. The van der Waals surface area contributed by atoms with E-state index in [0.717, 1.165) is 35.7 Å². The predicted molar refractivity (Wildman–Crippen MR) is 89.0 cm³/mol. The second-order valence-corrected chi connectivity index (χ2v) is 7.90. The van der Waals surface area contributed by atoms with E-state index in [-0.39, 0.29) is 5.75 Å². The fourth-order valence-electron chi connectivity index (χ4n) is 2.80. The van der Waals surface area contributed by atoms with Crippen molar-refractivity contribution in [2.45, 2.75) is 13.5 Å². The van der Waals surface area contributed by atoms with Crippen LogP contribution < -0.4 is 4.74 Å². The number of rotatable bonds is 5. The molecule has 1 aliphatic heterocycles. The van der Waals surface area contributed by atoms with Crippen LogP contribution in [0.15, 0.2) is 18.2 Å². The largest absolute Gasteiger partial charge is 0.497 e. The Morgan fingerprint density at radius 1 is 1.26 bits per heavy atom. The smallest absolute Gasteiger partial charge is 0.213 e. The van der Waals surface area contributed by atoms with Crippen LogP contribution in [0.2, 0.25) is 0 Å². The predicted octanol–water partition coefficient (Wildman–Crippen LogP) is 1.04. The lowest BCUT2D eigenvalue weighted by Gasteiger charge is -2.33. The number of H-pyrrole nitrogens is 1. The molecule has 0 aliphatic carbocycles. The zero-order valence-corrected chi connectivity index (χ0v) is 14.3. The molecule has 0 radical (unpaired) electrons. The van der Waals surface area contributed by atoms with Crippen molar-refractivity contribution in [1.82, 2.24) is 19.2 Å². The molecule has 1 N–H and O–H groups in total. The number of piperazine rings is 1. The van der Waals surface area contributed by atoms with Gasteiger partial charge in [0.25, 0.3) is 0 Å². The van der Waals surface area contributed by atoms with Gasteiger partial charge in [-0.1, -0.05) is 0 Å². The van der Waals surface area contributed by atoms with E-state index in [2.05, 4.69) is 14.9 Å². The lowest BCUT2D eigenvalue weighted by Crippen LogP contribution is -2.48. The molecule has 1 fully saturated rings. The minimum absolute atomic E-state index is 0.165. The van der Waals surface area contributed by atoms with Crippen molar-refractivity contribution in [2.75, 3.05) is 39.0 Å². The molecule has 0 atom stereocenters. The minimum atomic E-state index is -3.08. The van der Waals surface area contributed by atoms with Crippen LogP contribution in [0.4, 0.5) is 0 Å². The monoisotopic (exact) mass is 338 g/mol. The van der Waals surface area contributed by atoms with Gasteiger partial charge in [-0.3, -0.25) is 4.90 Å². The lowest BCUT2D eigenvalue weighted by atomic mass is 10.3. The van der Waals surface area contributed by atoms with Gasteiger partial charge < -0.3 is 9.72 Å². The third-order valence-corrected chi connectivity index (χ3v) is 6.08. The van der Waals surface area contributed by atoms with E-state index >= 15 is 0 Å². The van der Waals surface area contributed by atoms with Gasteiger partial charge in [0, 0.05) is 32.2 Å². The Bertz CT molecular complexity index is 779. The Balaban J connectivity index is 1.65. The standard InChI is InChI=1S/C15H22N4O3S/c1-3-23(20,21)19-8-6-18(7-9-19)11-15-16-13-5-4-12(22-2)10-14(13)17-15/h4-5,10H,3,6-9,11H2,1-2H3,(H,16,17). The quantitative estimate of drug-likeness (QED) is 0.881. The molecule has 8 heteroatoms. The number of nitrogens with zero attached hydrogens (tertiary/aromatic N) is 3. The Hall–Kier alpha value is -1.64. The van der Waals surface area contributed by atoms with Crippen molar-refractivity contribution < 1.29 is 13.2 Å². The molecule has 0 bridgehead atoms. The van der Waals surface area contributed by atoms with Crippen molar-refractivity contribution in [3.05, 3.63) is 24.0 Å². The summed E-state index contributed by atoms with van der Waals surface area (Å²) in [6.45, 7) is 4.91. The highest BCUT2D eigenvalue weighted by atomic mass is 32.2. The highest BCUT2D eigenvalue weighted by molar-refractivity contribution is 7.89. The molecule has 2 heterocycles. The number of ether oxygens (including phenoxy) is 1. The van der Waals surface area contributed by atoms with Crippen LogP contribution in [0.5, 0.6) is 5.75 Å². The molecular weight excluding hydrogens is 316 g/mol. The van der Waals surface area contributed by atoms with Gasteiger partial charge in [-0.15, -0.1) is 0 Å². The summed E-state index contributed by atoms with van der Waals surface area (Å²) in [4.78, 5) is 10.1. The van der Waals surface area contributed by atoms with Crippen LogP contribution in [0.3, 0.4) is 0 Å². The molecule has 23 heavy (non-hydrogen) atoms. The molecule has 1 saturated heterocycles. The molecule has 2 aromatic rings. The van der Waals surface area contributed by atoms with Gasteiger partial charge in [0.05, 0.1) is 30.4 Å². The Morgan fingerprint density at radius 2 is 2.00 bits per heavy atom. The third kappa shape index (κ3) is 3.49. The molecule has 0 saturated carbocycles. The fourth-order valence-corrected chi connectivity index (χ4v) is 3.89. The summed E-state index contributed by atoms with van der Waals surface area (Å²) in [5.41, 5.74) is 1.86. The average molecular weight is 338 g/mol. The van der Waals surface area contributed by atoms with E-state index in [4.69, 9.17) is 4.74 Å². The molecule has 0 amide bonds. The first kappa shape index (κ1) is 16.2. The van der Waals surface area contributed by atoms with Gasteiger partial charge in [-0.05, 0) is 19.1 Å². The van der Waals surface area contributed by atoms with Crippen LogP contribution in [0, 0.1) is 0 Å². The zero-order valence-electron chi connectivity index (χ0n) is 13.4. The maximum Gasteiger partial charge on any atom is 0.213 e. The highest BCUT2D eigenvalue weighted by Crippen LogP contribution is 2.19. The number of fused-ring (bicyclic) bond motifs is 1. The molecule has 1 aromatic heterocycles. The third-order valence-electron chi connectivity index (χ3n) is 4.20. The van der Waals surface area contributed by atoms with Crippen LogP contribution in [-0.2, 0) is 16.6 Å². The van der Waals surface area contributed by atoms with E-state index in [1.54, 1.807) is 18.3 Å². The highest BCUT2D eigenvalue weighted by Gasteiger charge is 2.25. The first-order valence-electron chi connectivity index (χ1n) is 7.74. The van der Waals surface area contributed by atoms with Gasteiger partial charge >= 0.3 is 0 Å². The molecule has 7 nitrogen and oxygen atoms in total. The fraction of sp³-hybridized carbons (Fsp3) is 0.533. The van der Waals surface area contributed by atoms with Gasteiger partial charge in [-0.2, -0.15) is 4.31 Å². The topological polar surface area (TPSA) is 78.5 Å². The van der Waals surface area contributed by atoms with E-state index in [1.165, 1.54) is 0 Å². The van der Waals surface area contributed by atoms with Crippen molar-refractivity contribution in [3.63, 3.8) is 0 Å². The minimum Gasteiger partial charge on any atom is -0.497 e. The van der Waals surface area contributed by atoms with Crippen molar-refractivity contribution in [3.8, 4) is 5.75 Å². The number of imidazole rings is 1. The summed E-state index contributed by atoms with van der Waals surface area (Å²) in [6.07, 6.45) is 0. The SMILES string of the molecule is CCS(=O)(=O)N1CCN(Cc2nc3ccc(OC)cc3[nH]2)CC1. The number of sulfonamides is 1. The molecule has 1 aromatic carbocycles. The van der Waals surface area contributed by atoms with Crippen LogP contribution in [0.25, 0.3) is 11.0 Å². The van der Waals surface area contributed by atoms with Gasteiger partial charge in [0.2, 0.25) is 10.0 Å². The number of nitrogens with one attached hydrogen (secondary N) is 1. The first-order chi connectivity index (χ1) is 11.0.